The molecule has 0 bridgehead atoms. The molecular formula is C8H10F3NO3. The molecule has 0 aromatic heterocycles. The van der Waals surface area contributed by atoms with Crippen molar-refractivity contribution in [3.8, 4) is 0 Å². The van der Waals surface area contributed by atoms with Crippen LogP contribution < -0.4 is 0 Å². The highest BCUT2D eigenvalue weighted by atomic mass is 19.4. The molecule has 0 spiro atoms. The van der Waals surface area contributed by atoms with Gasteiger partial charge >= 0.3 is 12.1 Å². The Morgan fingerprint density at radius 1 is 1.40 bits per heavy atom. The predicted molar refractivity (Wildman–Crippen MR) is 43.0 cm³/mol. The number of likely N-dealkylation sites (tertiary alicyclic amines) is 1. The third-order valence-corrected chi connectivity index (χ3v) is 2.45. The standard InChI is InChI=1S/C8H10F3NO3/c1-4(13)12-3-5(8(9,10)11)2-6(12)7(14)15/h5-6H,2-3H2,1H3,(H,14,15)/t5-,6-/m0/s1. The highest BCUT2D eigenvalue weighted by Crippen LogP contribution is 2.36. The van der Waals surface area contributed by atoms with Crippen molar-refractivity contribution in [3.05, 3.63) is 0 Å². The Labute approximate surface area is 83.7 Å². The van der Waals surface area contributed by atoms with Crippen LogP contribution in [0.15, 0.2) is 0 Å². The van der Waals surface area contributed by atoms with Crippen LogP contribution in [0.4, 0.5) is 13.2 Å². The molecule has 1 fully saturated rings. The first-order chi connectivity index (χ1) is 6.73. The summed E-state index contributed by atoms with van der Waals surface area (Å²) in [5.41, 5.74) is 0. The molecule has 1 heterocycles. The monoisotopic (exact) mass is 225 g/mol. The Balaban J connectivity index is 2.83. The lowest BCUT2D eigenvalue weighted by molar-refractivity contribution is -0.171. The van der Waals surface area contributed by atoms with Gasteiger partial charge in [-0.2, -0.15) is 13.2 Å². The summed E-state index contributed by atoms with van der Waals surface area (Å²) in [6.07, 6.45) is -5.00. The summed E-state index contributed by atoms with van der Waals surface area (Å²) in [4.78, 5) is 22.3. The van der Waals surface area contributed by atoms with E-state index in [2.05, 4.69) is 0 Å². The van der Waals surface area contributed by atoms with Gasteiger partial charge in [0.15, 0.2) is 0 Å². The molecule has 7 heteroatoms. The van der Waals surface area contributed by atoms with E-state index in [0.29, 0.717) is 0 Å². The quantitative estimate of drug-likeness (QED) is 0.720. The van der Waals surface area contributed by atoms with Crippen LogP contribution in [-0.2, 0) is 9.59 Å². The fourth-order valence-electron chi connectivity index (χ4n) is 1.66. The summed E-state index contributed by atoms with van der Waals surface area (Å²) in [5.74, 6) is -3.77. The second kappa shape index (κ2) is 3.71. The van der Waals surface area contributed by atoms with Crippen LogP contribution in [0, 0.1) is 5.92 Å². The van der Waals surface area contributed by atoms with Crippen LogP contribution in [0.5, 0.6) is 0 Å². The van der Waals surface area contributed by atoms with Gasteiger partial charge in [0.1, 0.15) is 6.04 Å². The van der Waals surface area contributed by atoms with Crippen LogP contribution in [0.2, 0.25) is 0 Å². The first-order valence-electron chi connectivity index (χ1n) is 4.30. The molecule has 4 nitrogen and oxygen atoms in total. The maximum Gasteiger partial charge on any atom is 0.393 e. The summed E-state index contributed by atoms with van der Waals surface area (Å²) in [7, 11) is 0. The second-order valence-corrected chi connectivity index (χ2v) is 3.50. The highest BCUT2D eigenvalue weighted by Gasteiger charge is 2.50. The van der Waals surface area contributed by atoms with Crippen molar-refractivity contribution in [1.29, 1.82) is 0 Å². The summed E-state index contributed by atoms with van der Waals surface area (Å²) < 4.78 is 36.9. The fraction of sp³-hybridized carbons (Fsp3) is 0.750. The lowest BCUT2D eigenvalue weighted by atomic mass is 10.1. The Morgan fingerprint density at radius 3 is 2.20 bits per heavy atom. The largest absolute Gasteiger partial charge is 0.480 e. The first-order valence-corrected chi connectivity index (χ1v) is 4.30. The fourth-order valence-corrected chi connectivity index (χ4v) is 1.66. The summed E-state index contributed by atoms with van der Waals surface area (Å²) in [6, 6.07) is -1.35. The van der Waals surface area contributed by atoms with Crippen LogP contribution in [0.3, 0.4) is 0 Å². The van der Waals surface area contributed by atoms with E-state index >= 15 is 0 Å². The van der Waals surface area contributed by atoms with Crippen molar-refractivity contribution in [1.82, 2.24) is 4.90 Å². The summed E-state index contributed by atoms with van der Waals surface area (Å²) in [5, 5.41) is 8.65. The molecule has 0 aromatic carbocycles. The second-order valence-electron chi connectivity index (χ2n) is 3.50. The number of hydrogen-bond acceptors (Lipinski definition) is 2. The third kappa shape index (κ3) is 2.40. The van der Waals surface area contributed by atoms with E-state index in [0.717, 1.165) is 11.8 Å². The number of rotatable bonds is 1. The van der Waals surface area contributed by atoms with Gasteiger partial charge in [-0.05, 0) is 6.42 Å². The molecule has 2 atom stereocenters. The lowest BCUT2D eigenvalue weighted by Gasteiger charge is -2.19. The molecule has 1 amide bonds. The zero-order valence-corrected chi connectivity index (χ0v) is 7.91. The zero-order valence-electron chi connectivity index (χ0n) is 7.91. The number of alkyl halides is 3. The Bertz CT molecular complexity index is 267. The number of hydrogen-bond donors (Lipinski definition) is 1. The maximum absolute atomic E-state index is 12.3. The number of amides is 1. The van der Waals surface area contributed by atoms with Crippen molar-refractivity contribution in [2.45, 2.75) is 25.6 Å². The third-order valence-electron chi connectivity index (χ3n) is 2.45. The lowest BCUT2D eigenvalue weighted by Crippen LogP contribution is -2.39. The van der Waals surface area contributed by atoms with Crippen LogP contribution >= 0.6 is 0 Å². The SMILES string of the molecule is CC(=O)N1C[C@@H](C(F)(F)F)C[C@H]1C(=O)O. The normalized spacial score (nSPS) is 26.8. The number of carboxylic acid groups (broad SMARTS) is 1. The molecule has 0 saturated carbocycles. The average molecular weight is 225 g/mol. The van der Waals surface area contributed by atoms with Crippen LogP contribution in [0.1, 0.15) is 13.3 Å². The van der Waals surface area contributed by atoms with Crippen molar-refractivity contribution in [3.63, 3.8) is 0 Å². The van der Waals surface area contributed by atoms with E-state index in [1.165, 1.54) is 0 Å². The van der Waals surface area contributed by atoms with E-state index in [-0.39, 0.29) is 0 Å². The molecule has 0 unspecified atom stereocenters. The van der Waals surface area contributed by atoms with Gasteiger partial charge in [-0.1, -0.05) is 0 Å². The van der Waals surface area contributed by atoms with E-state index in [1.807, 2.05) is 0 Å². The molecule has 0 radical (unpaired) electrons. The van der Waals surface area contributed by atoms with Gasteiger partial charge < -0.3 is 10.0 Å². The van der Waals surface area contributed by atoms with Gasteiger partial charge in [0.2, 0.25) is 5.91 Å². The van der Waals surface area contributed by atoms with Crippen molar-refractivity contribution in [2.75, 3.05) is 6.54 Å². The number of halogens is 3. The number of nitrogens with zero attached hydrogens (tertiary/aromatic N) is 1. The van der Waals surface area contributed by atoms with E-state index in [9.17, 15) is 22.8 Å². The Kier molecular flexibility index (Phi) is 2.92. The van der Waals surface area contributed by atoms with E-state index in [4.69, 9.17) is 5.11 Å². The van der Waals surface area contributed by atoms with Gasteiger partial charge in [-0.15, -0.1) is 0 Å². The number of carboxylic acids is 1. The molecule has 1 rings (SSSR count). The molecular weight excluding hydrogens is 215 g/mol. The molecule has 0 aliphatic carbocycles. The minimum Gasteiger partial charge on any atom is -0.480 e. The number of carbonyl (C=O) groups excluding carboxylic acids is 1. The minimum atomic E-state index is -4.45. The van der Waals surface area contributed by atoms with Gasteiger partial charge in [0.25, 0.3) is 0 Å². The van der Waals surface area contributed by atoms with Gasteiger partial charge in [0.05, 0.1) is 5.92 Å². The topological polar surface area (TPSA) is 57.6 Å². The van der Waals surface area contributed by atoms with Gasteiger partial charge in [-0.25, -0.2) is 4.79 Å². The van der Waals surface area contributed by atoms with Crippen LogP contribution in [-0.4, -0.2) is 40.6 Å². The Morgan fingerprint density at radius 2 is 1.93 bits per heavy atom. The molecule has 1 aliphatic rings. The number of aliphatic carboxylic acids is 1. The van der Waals surface area contributed by atoms with Gasteiger partial charge in [0, 0.05) is 13.5 Å². The highest BCUT2D eigenvalue weighted by molar-refractivity contribution is 5.83. The zero-order chi connectivity index (χ0) is 11.8. The molecule has 0 aromatic rings. The predicted octanol–water partition coefficient (Wildman–Crippen LogP) is 0.870. The first kappa shape index (κ1) is 11.8. The molecule has 1 N–H and O–H groups in total. The van der Waals surface area contributed by atoms with E-state index < -0.39 is 43.0 Å². The summed E-state index contributed by atoms with van der Waals surface area (Å²) >= 11 is 0. The Hall–Kier alpha value is -1.27. The average Bonchev–Trinajstić information content (AvgIpc) is 2.45. The maximum atomic E-state index is 12.3. The smallest absolute Gasteiger partial charge is 0.393 e. The molecule has 1 saturated heterocycles. The number of carbonyl (C=O) groups is 2. The van der Waals surface area contributed by atoms with Gasteiger partial charge in [-0.3, -0.25) is 4.79 Å². The minimum absolute atomic E-state index is 0.557. The van der Waals surface area contributed by atoms with Crippen molar-refractivity contribution in [2.24, 2.45) is 5.92 Å². The summed E-state index contributed by atoms with van der Waals surface area (Å²) in [6.45, 7) is 0.504. The van der Waals surface area contributed by atoms with Crippen molar-refractivity contribution >= 4 is 11.9 Å². The van der Waals surface area contributed by atoms with Crippen LogP contribution in [0.25, 0.3) is 0 Å². The molecule has 1 aliphatic heterocycles. The molecule has 15 heavy (non-hydrogen) atoms. The van der Waals surface area contributed by atoms with E-state index in [1.54, 1.807) is 0 Å². The molecule has 86 valence electrons. The van der Waals surface area contributed by atoms with Crippen molar-refractivity contribution < 1.29 is 27.9 Å².